The van der Waals surface area contributed by atoms with E-state index in [1.165, 1.54) is 10.5 Å². The molecule has 0 spiro atoms. The van der Waals surface area contributed by atoms with Gasteiger partial charge in [0.2, 0.25) is 0 Å². The van der Waals surface area contributed by atoms with Gasteiger partial charge in [-0.1, -0.05) is 22.0 Å². The van der Waals surface area contributed by atoms with Crippen LogP contribution in [0, 0.1) is 0 Å². The van der Waals surface area contributed by atoms with E-state index in [9.17, 15) is 0 Å². The highest BCUT2D eigenvalue weighted by Crippen LogP contribution is 2.27. The van der Waals surface area contributed by atoms with Crippen molar-refractivity contribution in [1.29, 1.82) is 0 Å². The van der Waals surface area contributed by atoms with E-state index in [1.807, 2.05) is 19.2 Å². The summed E-state index contributed by atoms with van der Waals surface area (Å²) in [6.07, 6.45) is 1.71. The summed E-state index contributed by atoms with van der Waals surface area (Å²) in [5.74, 6) is 1.87. The van der Waals surface area contributed by atoms with E-state index >= 15 is 0 Å². The normalized spacial score (nSPS) is 10.7. The second-order valence-electron chi connectivity index (χ2n) is 3.65. The minimum atomic E-state index is 0.866. The molecule has 2 aromatic rings. The molecule has 0 amide bonds. The van der Waals surface area contributed by atoms with Gasteiger partial charge < -0.3 is 9.73 Å². The number of furan rings is 1. The van der Waals surface area contributed by atoms with E-state index in [4.69, 9.17) is 4.42 Å². The van der Waals surface area contributed by atoms with Crippen LogP contribution < -0.4 is 5.32 Å². The molecule has 1 heterocycles. The van der Waals surface area contributed by atoms with E-state index in [-0.39, 0.29) is 0 Å². The van der Waals surface area contributed by atoms with Crippen LogP contribution in [-0.2, 0) is 12.3 Å². The van der Waals surface area contributed by atoms with Crippen LogP contribution in [0.2, 0.25) is 0 Å². The highest BCUT2D eigenvalue weighted by atomic mass is 79.9. The molecule has 1 aromatic carbocycles. The molecule has 0 radical (unpaired) electrons. The minimum Gasteiger partial charge on any atom is -0.468 e. The Morgan fingerprint density at radius 3 is 2.88 bits per heavy atom. The Morgan fingerprint density at radius 1 is 1.35 bits per heavy atom. The lowest BCUT2D eigenvalue weighted by Gasteiger charge is -2.06. The second kappa shape index (κ2) is 6.28. The van der Waals surface area contributed by atoms with Crippen molar-refractivity contribution in [1.82, 2.24) is 5.32 Å². The zero-order valence-corrected chi connectivity index (χ0v) is 12.0. The lowest BCUT2D eigenvalue weighted by Crippen LogP contribution is -2.05. The van der Waals surface area contributed by atoms with E-state index in [0.29, 0.717) is 0 Å². The van der Waals surface area contributed by atoms with Crippen molar-refractivity contribution in [2.24, 2.45) is 0 Å². The van der Waals surface area contributed by atoms with Crippen molar-refractivity contribution < 1.29 is 4.42 Å². The molecular formula is C13H14BrNOS. The molecule has 0 aliphatic carbocycles. The molecule has 2 nitrogen and oxygen atoms in total. The monoisotopic (exact) mass is 311 g/mol. The fourth-order valence-corrected chi connectivity index (χ4v) is 3.01. The van der Waals surface area contributed by atoms with Crippen LogP contribution >= 0.6 is 27.7 Å². The lowest BCUT2D eigenvalue weighted by molar-refractivity contribution is 0.530. The number of thioether (sulfide) groups is 1. The number of hydrogen-bond acceptors (Lipinski definition) is 3. The molecule has 0 bridgehead atoms. The predicted octanol–water partition coefficient (Wildman–Crippen LogP) is 4.05. The Labute approximate surface area is 114 Å². The third-order valence-corrected chi connectivity index (χ3v) is 4.11. The standard InChI is InChI=1S/C13H14BrNOS/c1-15-8-10-4-5-12(7-13(10)14)17-9-11-3-2-6-16-11/h2-7,15H,8-9H2,1H3. The third kappa shape index (κ3) is 3.63. The first kappa shape index (κ1) is 12.7. The summed E-state index contributed by atoms with van der Waals surface area (Å²) in [6.45, 7) is 0.879. The van der Waals surface area contributed by atoms with Gasteiger partial charge in [-0.15, -0.1) is 11.8 Å². The van der Waals surface area contributed by atoms with Crippen molar-refractivity contribution in [3.63, 3.8) is 0 Å². The first-order chi connectivity index (χ1) is 8.29. The molecule has 0 saturated carbocycles. The van der Waals surface area contributed by atoms with Crippen molar-refractivity contribution in [2.75, 3.05) is 7.05 Å². The van der Waals surface area contributed by atoms with Gasteiger partial charge in [-0.05, 0) is 36.9 Å². The van der Waals surface area contributed by atoms with Gasteiger partial charge in [0.15, 0.2) is 0 Å². The van der Waals surface area contributed by atoms with Gasteiger partial charge in [0.1, 0.15) is 5.76 Å². The fourth-order valence-electron chi connectivity index (χ4n) is 1.50. The molecule has 1 aromatic heterocycles. The molecule has 0 saturated heterocycles. The summed E-state index contributed by atoms with van der Waals surface area (Å²) < 4.78 is 6.45. The quantitative estimate of drug-likeness (QED) is 0.843. The Morgan fingerprint density at radius 2 is 2.24 bits per heavy atom. The third-order valence-electron chi connectivity index (χ3n) is 2.35. The number of hydrogen-bond donors (Lipinski definition) is 1. The molecule has 2 rings (SSSR count). The maximum atomic E-state index is 5.31. The first-order valence-corrected chi connectivity index (χ1v) is 7.15. The molecular weight excluding hydrogens is 298 g/mol. The van der Waals surface area contributed by atoms with Crippen molar-refractivity contribution in [3.8, 4) is 0 Å². The molecule has 1 N–H and O–H groups in total. The number of halogens is 1. The molecule has 0 aliphatic heterocycles. The molecule has 17 heavy (non-hydrogen) atoms. The van der Waals surface area contributed by atoms with Gasteiger partial charge >= 0.3 is 0 Å². The second-order valence-corrected chi connectivity index (χ2v) is 5.55. The van der Waals surface area contributed by atoms with E-state index in [1.54, 1.807) is 18.0 Å². The Kier molecular flexibility index (Phi) is 4.71. The van der Waals surface area contributed by atoms with E-state index in [0.717, 1.165) is 22.5 Å². The molecule has 90 valence electrons. The summed E-state index contributed by atoms with van der Waals surface area (Å²) in [5.41, 5.74) is 1.27. The smallest absolute Gasteiger partial charge is 0.113 e. The summed E-state index contributed by atoms with van der Waals surface area (Å²) in [6, 6.07) is 10.4. The summed E-state index contributed by atoms with van der Waals surface area (Å²) in [7, 11) is 1.95. The van der Waals surface area contributed by atoms with Crippen LogP contribution in [0.15, 0.2) is 50.4 Å². The maximum Gasteiger partial charge on any atom is 0.113 e. The molecule has 0 aliphatic rings. The van der Waals surface area contributed by atoms with Gasteiger partial charge in [-0.2, -0.15) is 0 Å². The highest BCUT2D eigenvalue weighted by molar-refractivity contribution is 9.10. The minimum absolute atomic E-state index is 0.866. The lowest BCUT2D eigenvalue weighted by atomic mass is 10.2. The van der Waals surface area contributed by atoms with Gasteiger partial charge in [-0.25, -0.2) is 0 Å². The molecule has 0 atom stereocenters. The zero-order valence-electron chi connectivity index (χ0n) is 9.57. The van der Waals surface area contributed by atoms with Crippen LogP contribution in [0.3, 0.4) is 0 Å². The molecule has 0 unspecified atom stereocenters. The topological polar surface area (TPSA) is 25.2 Å². The summed E-state index contributed by atoms with van der Waals surface area (Å²) in [4.78, 5) is 1.24. The number of rotatable bonds is 5. The van der Waals surface area contributed by atoms with E-state index < -0.39 is 0 Å². The van der Waals surface area contributed by atoms with Gasteiger partial charge in [0.25, 0.3) is 0 Å². The largest absolute Gasteiger partial charge is 0.468 e. The van der Waals surface area contributed by atoms with Gasteiger partial charge in [0.05, 0.1) is 12.0 Å². The van der Waals surface area contributed by atoms with Crippen LogP contribution in [0.4, 0.5) is 0 Å². The van der Waals surface area contributed by atoms with Crippen molar-refractivity contribution >= 4 is 27.7 Å². The Bertz CT molecular complexity index is 470. The number of benzene rings is 1. The van der Waals surface area contributed by atoms with E-state index in [2.05, 4.69) is 39.4 Å². The van der Waals surface area contributed by atoms with Crippen LogP contribution in [0.1, 0.15) is 11.3 Å². The van der Waals surface area contributed by atoms with Crippen molar-refractivity contribution in [3.05, 3.63) is 52.4 Å². The SMILES string of the molecule is CNCc1ccc(SCc2ccco2)cc1Br. The van der Waals surface area contributed by atoms with Crippen molar-refractivity contribution in [2.45, 2.75) is 17.2 Å². The summed E-state index contributed by atoms with van der Waals surface area (Å²) >= 11 is 5.37. The number of nitrogens with one attached hydrogen (secondary N) is 1. The Balaban J connectivity index is 2.00. The van der Waals surface area contributed by atoms with Crippen LogP contribution in [-0.4, -0.2) is 7.05 Å². The molecule has 4 heteroatoms. The highest BCUT2D eigenvalue weighted by Gasteiger charge is 2.02. The van der Waals surface area contributed by atoms with Gasteiger partial charge in [0, 0.05) is 15.9 Å². The first-order valence-electron chi connectivity index (χ1n) is 5.38. The summed E-state index contributed by atoms with van der Waals surface area (Å²) in [5, 5.41) is 3.15. The Hall–Kier alpha value is -0.710. The fraction of sp³-hybridized carbons (Fsp3) is 0.231. The molecule has 0 fully saturated rings. The average Bonchev–Trinajstić information content (AvgIpc) is 2.83. The predicted molar refractivity (Wildman–Crippen MR) is 75.2 cm³/mol. The van der Waals surface area contributed by atoms with Gasteiger partial charge in [-0.3, -0.25) is 0 Å². The van der Waals surface area contributed by atoms with Crippen LogP contribution in [0.5, 0.6) is 0 Å². The zero-order chi connectivity index (χ0) is 12.1. The van der Waals surface area contributed by atoms with Crippen LogP contribution in [0.25, 0.3) is 0 Å². The maximum absolute atomic E-state index is 5.31. The average molecular weight is 312 g/mol.